The summed E-state index contributed by atoms with van der Waals surface area (Å²) < 4.78 is 21.9. The van der Waals surface area contributed by atoms with Gasteiger partial charge in [-0.05, 0) is 37.6 Å². The Morgan fingerprint density at radius 1 is 0.707 bits per heavy atom. The summed E-state index contributed by atoms with van der Waals surface area (Å²) in [5.41, 5.74) is -0.514. The fourth-order valence-corrected chi connectivity index (χ4v) is 5.09. The van der Waals surface area contributed by atoms with E-state index in [4.69, 9.17) is 18.9 Å². The highest BCUT2D eigenvalue weighted by Gasteiger charge is 2.48. The average molecular weight is 579 g/mol. The highest BCUT2D eigenvalue weighted by Crippen LogP contribution is 2.42. The third-order valence-corrected chi connectivity index (χ3v) is 7.61. The molecule has 14 heteroatoms. The molecular formula is C27H30O14. The third kappa shape index (κ3) is 4.86. The molecule has 2 aromatic rings. The second-order valence-electron chi connectivity index (χ2n) is 10.3. The topological polar surface area (TPSA) is 233 Å². The average Bonchev–Trinajstić information content (AvgIpc) is 2.94. The number of carbonyl (C=O) groups is 2. The molecular weight excluding hydrogens is 548 g/mol. The summed E-state index contributed by atoms with van der Waals surface area (Å²) in [5, 5.41) is 82.6. The van der Waals surface area contributed by atoms with Gasteiger partial charge in [-0.1, -0.05) is 6.07 Å². The maximum Gasteiger partial charge on any atom is 0.229 e. The molecule has 0 spiro atoms. The third-order valence-electron chi connectivity index (χ3n) is 7.61. The van der Waals surface area contributed by atoms with Crippen LogP contribution >= 0.6 is 0 Å². The molecule has 0 aromatic heterocycles. The number of hydrogen-bond donors (Lipinski definition) is 8. The number of hydrogen-bond acceptors (Lipinski definition) is 14. The Labute approximate surface area is 232 Å². The molecule has 10 atom stereocenters. The first-order valence-electron chi connectivity index (χ1n) is 12.8. The Bertz CT molecular complexity index is 1360. The van der Waals surface area contributed by atoms with E-state index in [-0.39, 0.29) is 22.4 Å². The van der Waals surface area contributed by atoms with Gasteiger partial charge in [-0.15, -0.1) is 0 Å². The zero-order valence-corrected chi connectivity index (χ0v) is 21.8. The van der Waals surface area contributed by atoms with Gasteiger partial charge < -0.3 is 59.8 Å². The highest BCUT2D eigenvalue weighted by molar-refractivity contribution is 6.30. The molecule has 0 amide bonds. The summed E-state index contributed by atoms with van der Waals surface area (Å²) in [5.74, 6) is -2.95. The van der Waals surface area contributed by atoms with Crippen LogP contribution in [0.15, 0.2) is 24.3 Å². The van der Waals surface area contributed by atoms with Gasteiger partial charge >= 0.3 is 0 Å². The number of aliphatic hydroxyl groups excluding tert-OH is 6. The van der Waals surface area contributed by atoms with E-state index in [0.29, 0.717) is 5.56 Å². The van der Waals surface area contributed by atoms with Crippen LogP contribution in [0.4, 0.5) is 0 Å². The van der Waals surface area contributed by atoms with Crippen molar-refractivity contribution in [1.82, 2.24) is 0 Å². The number of rotatable bonds is 5. The quantitative estimate of drug-likeness (QED) is 0.167. The Balaban J connectivity index is 1.35. The minimum atomic E-state index is -1.84. The molecule has 14 nitrogen and oxygen atoms in total. The molecule has 0 saturated carbocycles. The van der Waals surface area contributed by atoms with Crippen LogP contribution in [0, 0.1) is 6.92 Å². The van der Waals surface area contributed by atoms with Crippen LogP contribution < -0.4 is 4.74 Å². The number of carbonyl (C=O) groups excluding carboxylic acids is 2. The van der Waals surface area contributed by atoms with Crippen molar-refractivity contribution in [3.63, 3.8) is 0 Å². The van der Waals surface area contributed by atoms with Crippen molar-refractivity contribution < 1.29 is 69.4 Å². The van der Waals surface area contributed by atoms with E-state index in [1.54, 1.807) is 6.92 Å². The van der Waals surface area contributed by atoms with Crippen LogP contribution in [0.2, 0.25) is 0 Å². The van der Waals surface area contributed by atoms with Crippen LogP contribution in [-0.4, -0.2) is 120 Å². The van der Waals surface area contributed by atoms with Gasteiger partial charge in [0.1, 0.15) is 48.5 Å². The molecule has 222 valence electrons. The van der Waals surface area contributed by atoms with Crippen molar-refractivity contribution in [3.05, 3.63) is 52.1 Å². The van der Waals surface area contributed by atoms with Crippen molar-refractivity contribution in [2.24, 2.45) is 0 Å². The fourth-order valence-electron chi connectivity index (χ4n) is 5.09. The largest absolute Gasteiger partial charge is 0.507 e. The predicted octanol–water partition coefficient (Wildman–Crippen LogP) is -1.79. The summed E-state index contributed by atoms with van der Waals surface area (Å²) in [4.78, 5) is 26.3. The summed E-state index contributed by atoms with van der Waals surface area (Å²) in [6.07, 6.45) is -15.4. The van der Waals surface area contributed by atoms with Gasteiger partial charge in [-0.3, -0.25) is 9.59 Å². The van der Waals surface area contributed by atoms with Gasteiger partial charge in [0.2, 0.25) is 6.29 Å². The molecule has 2 aliphatic heterocycles. The van der Waals surface area contributed by atoms with Crippen molar-refractivity contribution in [1.29, 1.82) is 0 Å². The molecule has 2 aromatic carbocycles. The standard InChI is InChI=1S/C27H30O14/c1-8-3-4-10-14(16(8)28)18(30)11-5-6-12(20(32)15(11)19(10)31)40-27-25(37)23(35)21(33)13(41-27)7-38-26-24(36)22(34)17(29)9(2)39-26/h3-6,9,13,17,21-29,32-37H,7H2,1-2H3/t9-,13-,17-,21-,22-,23-,24+,25-,26+,27-/m0/s1. The van der Waals surface area contributed by atoms with Crippen molar-refractivity contribution in [2.45, 2.75) is 75.3 Å². The van der Waals surface area contributed by atoms with E-state index in [9.17, 15) is 50.4 Å². The Kier molecular flexibility index (Phi) is 7.80. The van der Waals surface area contributed by atoms with E-state index in [2.05, 4.69) is 0 Å². The van der Waals surface area contributed by atoms with Crippen LogP contribution in [0.3, 0.4) is 0 Å². The van der Waals surface area contributed by atoms with Crippen LogP contribution in [0.5, 0.6) is 17.2 Å². The van der Waals surface area contributed by atoms with E-state index in [1.165, 1.54) is 25.1 Å². The monoisotopic (exact) mass is 578 g/mol. The van der Waals surface area contributed by atoms with Crippen molar-refractivity contribution in [2.75, 3.05) is 6.61 Å². The number of aromatic hydroxyl groups is 2. The van der Waals surface area contributed by atoms with Gasteiger partial charge in [0.25, 0.3) is 0 Å². The van der Waals surface area contributed by atoms with E-state index < -0.39 is 96.6 Å². The molecule has 0 bridgehead atoms. The van der Waals surface area contributed by atoms with Crippen molar-refractivity contribution >= 4 is 11.6 Å². The number of fused-ring (bicyclic) bond motifs is 2. The summed E-state index contributed by atoms with van der Waals surface area (Å²) in [6, 6.07) is 5.13. The van der Waals surface area contributed by atoms with Gasteiger partial charge in [0.05, 0.1) is 23.8 Å². The molecule has 2 heterocycles. The smallest absolute Gasteiger partial charge is 0.229 e. The zero-order chi connectivity index (χ0) is 29.9. The molecule has 2 saturated heterocycles. The normalized spacial score (nSPS) is 35.1. The molecule has 0 radical (unpaired) electrons. The first-order chi connectivity index (χ1) is 19.3. The molecule has 3 aliphatic rings. The zero-order valence-electron chi connectivity index (χ0n) is 21.8. The number of ether oxygens (including phenoxy) is 4. The summed E-state index contributed by atoms with van der Waals surface area (Å²) >= 11 is 0. The molecule has 0 unspecified atom stereocenters. The maximum atomic E-state index is 13.2. The second kappa shape index (κ2) is 10.9. The molecule has 1 aliphatic carbocycles. The lowest BCUT2D eigenvalue weighted by atomic mass is 9.82. The Morgan fingerprint density at radius 3 is 1.93 bits per heavy atom. The Hall–Kier alpha value is -3.18. The highest BCUT2D eigenvalue weighted by atomic mass is 16.7. The van der Waals surface area contributed by atoms with Crippen molar-refractivity contribution in [3.8, 4) is 17.2 Å². The molecule has 5 rings (SSSR count). The predicted molar refractivity (Wildman–Crippen MR) is 133 cm³/mol. The number of aliphatic hydroxyl groups is 6. The first-order valence-corrected chi connectivity index (χ1v) is 12.8. The lowest BCUT2D eigenvalue weighted by Crippen LogP contribution is -2.61. The van der Waals surface area contributed by atoms with E-state index in [1.807, 2.05) is 0 Å². The summed E-state index contributed by atoms with van der Waals surface area (Å²) in [7, 11) is 0. The summed E-state index contributed by atoms with van der Waals surface area (Å²) in [6.45, 7) is 2.47. The number of phenolic OH excluding ortho intramolecular Hbond substituents is 2. The van der Waals surface area contributed by atoms with Crippen LogP contribution in [-0.2, 0) is 14.2 Å². The minimum absolute atomic E-state index is 0.123. The van der Waals surface area contributed by atoms with E-state index >= 15 is 0 Å². The SMILES string of the molecule is Cc1ccc2c(c1O)C(=O)c1ccc(O[C@H]3O[C@@H](CO[C@@H]4O[C@@H](C)[C@H](O)[C@H](O)[C@H]4O)[C@H](O)[C@H](O)[C@@H]3O)c(O)c1C2=O. The number of phenols is 2. The van der Waals surface area contributed by atoms with Gasteiger partial charge in [-0.25, -0.2) is 0 Å². The molecule has 41 heavy (non-hydrogen) atoms. The fraction of sp³-hybridized carbons (Fsp3) is 0.481. The first kappa shape index (κ1) is 29.3. The van der Waals surface area contributed by atoms with E-state index in [0.717, 1.165) is 6.07 Å². The lowest BCUT2D eigenvalue weighted by molar-refractivity contribution is -0.318. The van der Waals surface area contributed by atoms with Crippen LogP contribution in [0.1, 0.15) is 44.3 Å². The Morgan fingerprint density at radius 2 is 1.27 bits per heavy atom. The molecule has 2 fully saturated rings. The lowest BCUT2D eigenvalue weighted by Gasteiger charge is -2.42. The second-order valence-corrected chi connectivity index (χ2v) is 10.3. The van der Waals surface area contributed by atoms with Crippen LogP contribution in [0.25, 0.3) is 0 Å². The number of benzene rings is 2. The van der Waals surface area contributed by atoms with Gasteiger partial charge in [0, 0.05) is 11.1 Å². The maximum absolute atomic E-state index is 13.2. The number of aryl methyl sites for hydroxylation is 1. The van der Waals surface area contributed by atoms with Gasteiger partial charge in [0.15, 0.2) is 29.4 Å². The van der Waals surface area contributed by atoms with Gasteiger partial charge in [-0.2, -0.15) is 0 Å². The minimum Gasteiger partial charge on any atom is -0.507 e. The molecule has 8 N–H and O–H groups in total. The number of ketones is 2.